The number of carbonyl (C=O) groups is 1. The number of nitrogens with one attached hydrogen (secondary N) is 1. The van der Waals surface area contributed by atoms with Crippen molar-refractivity contribution in [2.75, 3.05) is 25.0 Å². The average molecular weight is 439 g/mol. The predicted molar refractivity (Wildman–Crippen MR) is 122 cm³/mol. The molecule has 0 radical (unpaired) electrons. The number of fused-ring (bicyclic) bond motifs is 1. The number of ether oxygens (including phenoxy) is 1. The number of piperidine rings is 1. The number of nitrogens with zero attached hydrogens (tertiary/aromatic N) is 1. The molecule has 0 aliphatic carbocycles. The van der Waals surface area contributed by atoms with Crippen molar-refractivity contribution in [3.05, 3.63) is 66.7 Å². The van der Waals surface area contributed by atoms with Gasteiger partial charge in [0, 0.05) is 13.1 Å². The predicted octanol–water partition coefficient (Wildman–Crippen LogP) is 4.28. The molecule has 6 nitrogen and oxygen atoms in total. The highest BCUT2D eigenvalue weighted by Gasteiger charge is 2.33. The Balaban J connectivity index is 1.51. The molecule has 0 aromatic heterocycles. The molecule has 1 N–H and O–H groups in total. The third kappa shape index (κ3) is 4.57. The van der Waals surface area contributed by atoms with Crippen molar-refractivity contribution < 1.29 is 17.9 Å². The van der Waals surface area contributed by atoms with Gasteiger partial charge in [-0.1, -0.05) is 42.5 Å². The van der Waals surface area contributed by atoms with Gasteiger partial charge in [0.05, 0.1) is 23.1 Å². The van der Waals surface area contributed by atoms with Crippen molar-refractivity contribution in [2.45, 2.75) is 24.7 Å². The van der Waals surface area contributed by atoms with Crippen molar-refractivity contribution in [1.29, 1.82) is 0 Å². The van der Waals surface area contributed by atoms with E-state index in [4.69, 9.17) is 4.74 Å². The van der Waals surface area contributed by atoms with Crippen LogP contribution in [0.4, 0.5) is 5.69 Å². The molecule has 1 saturated heterocycles. The van der Waals surface area contributed by atoms with Gasteiger partial charge < -0.3 is 10.1 Å². The number of sulfonamides is 1. The van der Waals surface area contributed by atoms with E-state index in [2.05, 4.69) is 5.32 Å². The maximum Gasteiger partial charge on any atom is 0.243 e. The molecule has 3 aromatic carbocycles. The summed E-state index contributed by atoms with van der Waals surface area (Å²) in [6, 6.07) is 20.1. The van der Waals surface area contributed by atoms with Gasteiger partial charge in [0.2, 0.25) is 15.9 Å². The molecular weight excluding hydrogens is 412 g/mol. The maximum absolute atomic E-state index is 13.3. The Morgan fingerprint density at radius 1 is 1.06 bits per heavy atom. The standard InChI is InChI=1S/C24H26N2O4S/c1-2-30-23-12-6-5-11-22(23)25-24(27)20-10-7-15-26(17-20)31(28,29)21-14-13-18-8-3-4-9-19(18)16-21/h3-6,8-9,11-14,16,20H,2,7,10,15,17H2,1H3,(H,25,27)/t20-/m1/s1. The molecule has 4 rings (SSSR count). The van der Waals surface area contributed by atoms with Crippen LogP contribution in [0.1, 0.15) is 19.8 Å². The van der Waals surface area contributed by atoms with Crippen LogP contribution in [0.3, 0.4) is 0 Å². The first-order valence-electron chi connectivity index (χ1n) is 10.5. The van der Waals surface area contributed by atoms with E-state index < -0.39 is 15.9 Å². The fourth-order valence-corrected chi connectivity index (χ4v) is 5.50. The Morgan fingerprint density at radius 3 is 2.61 bits per heavy atom. The lowest BCUT2D eigenvalue weighted by Gasteiger charge is -2.31. The van der Waals surface area contributed by atoms with E-state index in [9.17, 15) is 13.2 Å². The van der Waals surface area contributed by atoms with Gasteiger partial charge in [-0.15, -0.1) is 0 Å². The van der Waals surface area contributed by atoms with Crippen molar-refractivity contribution in [2.24, 2.45) is 5.92 Å². The normalized spacial score (nSPS) is 17.4. The number of benzene rings is 3. The van der Waals surface area contributed by atoms with Crippen LogP contribution < -0.4 is 10.1 Å². The molecule has 1 aliphatic heterocycles. The van der Waals surface area contributed by atoms with Crippen LogP contribution in [0.5, 0.6) is 5.75 Å². The second-order valence-corrected chi connectivity index (χ2v) is 9.57. The molecule has 1 aliphatic rings. The second kappa shape index (κ2) is 9.08. The van der Waals surface area contributed by atoms with Crippen LogP contribution in [0, 0.1) is 5.92 Å². The van der Waals surface area contributed by atoms with E-state index >= 15 is 0 Å². The molecule has 7 heteroatoms. The van der Waals surface area contributed by atoms with E-state index in [1.807, 2.05) is 49.4 Å². The Hall–Kier alpha value is -2.90. The summed E-state index contributed by atoms with van der Waals surface area (Å²) < 4.78 is 33.5. The minimum Gasteiger partial charge on any atom is -0.492 e. The van der Waals surface area contributed by atoms with Crippen LogP contribution in [-0.2, 0) is 14.8 Å². The number of amides is 1. The lowest BCUT2D eigenvalue weighted by Crippen LogP contribution is -2.43. The van der Waals surface area contributed by atoms with Gasteiger partial charge >= 0.3 is 0 Å². The summed E-state index contributed by atoms with van der Waals surface area (Å²) in [7, 11) is -3.68. The Bertz CT molecular complexity index is 1190. The number of para-hydroxylation sites is 2. The summed E-state index contributed by atoms with van der Waals surface area (Å²) in [5, 5.41) is 4.78. The van der Waals surface area contributed by atoms with Crippen LogP contribution >= 0.6 is 0 Å². The van der Waals surface area contributed by atoms with Gasteiger partial charge in [0.25, 0.3) is 0 Å². The molecule has 0 unspecified atom stereocenters. The summed E-state index contributed by atoms with van der Waals surface area (Å²) in [5.41, 5.74) is 0.601. The Morgan fingerprint density at radius 2 is 1.81 bits per heavy atom. The zero-order valence-corrected chi connectivity index (χ0v) is 18.3. The molecule has 0 saturated carbocycles. The molecule has 1 atom stereocenters. The Kier molecular flexibility index (Phi) is 6.25. The first-order chi connectivity index (χ1) is 15.0. The van der Waals surface area contributed by atoms with Gasteiger partial charge in [0.1, 0.15) is 5.75 Å². The topological polar surface area (TPSA) is 75.7 Å². The molecule has 1 heterocycles. The van der Waals surface area contributed by atoms with E-state index in [0.29, 0.717) is 37.4 Å². The smallest absolute Gasteiger partial charge is 0.243 e. The average Bonchev–Trinajstić information content (AvgIpc) is 2.80. The van der Waals surface area contributed by atoms with Crippen LogP contribution in [-0.4, -0.2) is 38.3 Å². The number of carbonyl (C=O) groups excluding carboxylic acids is 1. The zero-order chi connectivity index (χ0) is 21.8. The van der Waals surface area contributed by atoms with Crippen LogP contribution in [0.25, 0.3) is 10.8 Å². The SMILES string of the molecule is CCOc1ccccc1NC(=O)[C@@H]1CCCN(S(=O)(=O)c2ccc3ccccc3c2)C1. The van der Waals surface area contributed by atoms with Gasteiger partial charge in [-0.3, -0.25) is 4.79 Å². The summed E-state index contributed by atoms with van der Waals surface area (Å²) in [6.45, 7) is 2.95. The Labute approximate surface area is 182 Å². The molecule has 1 fully saturated rings. The number of anilines is 1. The van der Waals surface area contributed by atoms with Crippen molar-refractivity contribution >= 4 is 32.4 Å². The molecule has 0 bridgehead atoms. The lowest BCUT2D eigenvalue weighted by molar-refractivity contribution is -0.120. The summed E-state index contributed by atoms with van der Waals surface area (Å²) in [5.74, 6) is -0.000899. The highest BCUT2D eigenvalue weighted by atomic mass is 32.2. The van der Waals surface area contributed by atoms with Crippen molar-refractivity contribution in [3.63, 3.8) is 0 Å². The van der Waals surface area contributed by atoms with Crippen LogP contribution in [0.2, 0.25) is 0 Å². The number of rotatable bonds is 6. The van der Waals surface area contributed by atoms with Crippen molar-refractivity contribution in [3.8, 4) is 5.75 Å². The molecule has 31 heavy (non-hydrogen) atoms. The fourth-order valence-electron chi connectivity index (χ4n) is 3.94. The summed E-state index contributed by atoms with van der Waals surface area (Å²) in [4.78, 5) is 13.2. The molecule has 162 valence electrons. The van der Waals surface area contributed by atoms with E-state index in [0.717, 1.165) is 10.8 Å². The molecule has 1 amide bonds. The van der Waals surface area contributed by atoms with E-state index in [-0.39, 0.29) is 17.3 Å². The molecule has 3 aromatic rings. The molecular formula is C24H26N2O4S. The lowest BCUT2D eigenvalue weighted by atomic mass is 9.98. The highest BCUT2D eigenvalue weighted by Crippen LogP contribution is 2.29. The van der Waals surface area contributed by atoms with E-state index in [1.54, 1.807) is 24.3 Å². The first kappa shape index (κ1) is 21.3. The summed E-state index contributed by atoms with van der Waals surface area (Å²) >= 11 is 0. The van der Waals surface area contributed by atoms with Crippen LogP contribution in [0.15, 0.2) is 71.6 Å². The monoisotopic (exact) mass is 438 g/mol. The third-order valence-electron chi connectivity index (χ3n) is 5.56. The van der Waals surface area contributed by atoms with Crippen molar-refractivity contribution in [1.82, 2.24) is 4.31 Å². The number of hydrogen-bond donors (Lipinski definition) is 1. The third-order valence-corrected chi connectivity index (χ3v) is 7.42. The maximum atomic E-state index is 13.3. The molecule has 0 spiro atoms. The van der Waals surface area contributed by atoms with Gasteiger partial charge in [0.15, 0.2) is 0 Å². The second-order valence-electron chi connectivity index (χ2n) is 7.63. The minimum absolute atomic E-state index is 0.164. The van der Waals surface area contributed by atoms with Gasteiger partial charge in [-0.25, -0.2) is 8.42 Å². The minimum atomic E-state index is -3.68. The largest absolute Gasteiger partial charge is 0.492 e. The quantitative estimate of drug-likeness (QED) is 0.623. The first-order valence-corrected chi connectivity index (χ1v) is 11.9. The summed E-state index contributed by atoms with van der Waals surface area (Å²) in [6.07, 6.45) is 1.28. The highest BCUT2D eigenvalue weighted by molar-refractivity contribution is 7.89. The number of hydrogen-bond acceptors (Lipinski definition) is 4. The van der Waals surface area contributed by atoms with E-state index in [1.165, 1.54) is 4.31 Å². The fraction of sp³-hybridized carbons (Fsp3) is 0.292. The van der Waals surface area contributed by atoms with Gasteiger partial charge in [-0.2, -0.15) is 4.31 Å². The zero-order valence-electron chi connectivity index (χ0n) is 17.5. The van der Waals surface area contributed by atoms with Gasteiger partial charge in [-0.05, 0) is 54.8 Å².